The van der Waals surface area contributed by atoms with Crippen molar-refractivity contribution in [3.05, 3.63) is 23.8 Å². The second kappa shape index (κ2) is 5.92. The van der Waals surface area contributed by atoms with Gasteiger partial charge in [-0.3, -0.25) is 9.69 Å². The van der Waals surface area contributed by atoms with Gasteiger partial charge in [-0.2, -0.15) is 0 Å². The number of Topliss-reactive ketones (excluding diaryl/α,β-unsaturated/α-hetero) is 1. The van der Waals surface area contributed by atoms with Crippen molar-refractivity contribution in [2.45, 2.75) is 45.2 Å². The summed E-state index contributed by atoms with van der Waals surface area (Å²) >= 11 is 0. The molecule has 1 aromatic carbocycles. The molecule has 1 N–H and O–H groups in total. The van der Waals surface area contributed by atoms with Gasteiger partial charge in [-0.15, -0.1) is 0 Å². The topological polar surface area (TPSA) is 49.8 Å². The van der Waals surface area contributed by atoms with E-state index in [0.29, 0.717) is 29.9 Å². The average molecular weight is 303 g/mol. The first kappa shape index (κ1) is 15.3. The van der Waals surface area contributed by atoms with Crippen molar-refractivity contribution in [1.29, 1.82) is 0 Å². The van der Waals surface area contributed by atoms with Crippen LogP contribution in [0.25, 0.3) is 0 Å². The van der Waals surface area contributed by atoms with Crippen molar-refractivity contribution in [2.75, 3.05) is 13.7 Å². The number of phenolic OH excluding ortho intramolecular Hbond substituents is 1. The lowest BCUT2D eigenvalue weighted by Gasteiger charge is -2.51. The van der Waals surface area contributed by atoms with Crippen LogP contribution in [0.15, 0.2) is 18.2 Å². The predicted octanol–water partition coefficient (Wildman–Crippen LogP) is 3.15. The lowest BCUT2D eigenvalue weighted by molar-refractivity contribution is -0.138. The van der Waals surface area contributed by atoms with Gasteiger partial charge >= 0.3 is 0 Å². The number of fused-ring (bicyclic) bond motifs is 3. The molecule has 2 aliphatic heterocycles. The largest absolute Gasteiger partial charge is 0.504 e. The van der Waals surface area contributed by atoms with Crippen molar-refractivity contribution in [1.82, 2.24) is 4.90 Å². The minimum absolute atomic E-state index is 0.0662. The summed E-state index contributed by atoms with van der Waals surface area (Å²) in [5, 5.41) is 10.1. The number of rotatable bonds is 4. The van der Waals surface area contributed by atoms with E-state index in [1.54, 1.807) is 19.2 Å². The maximum Gasteiger partial charge on any atom is 0.160 e. The van der Waals surface area contributed by atoms with Crippen LogP contribution in [0, 0.1) is 11.8 Å². The molecule has 3 atom stereocenters. The van der Waals surface area contributed by atoms with E-state index in [9.17, 15) is 9.90 Å². The van der Waals surface area contributed by atoms with Crippen LogP contribution < -0.4 is 4.74 Å². The smallest absolute Gasteiger partial charge is 0.160 e. The van der Waals surface area contributed by atoms with E-state index in [1.807, 2.05) is 6.07 Å². The second-order valence-electron chi connectivity index (χ2n) is 6.97. The Balaban J connectivity index is 1.97. The van der Waals surface area contributed by atoms with Gasteiger partial charge in [0.2, 0.25) is 0 Å². The van der Waals surface area contributed by atoms with Gasteiger partial charge in [0.25, 0.3) is 0 Å². The summed E-state index contributed by atoms with van der Waals surface area (Å²) in [6, 6.07) is 6.01. The molecule has 120 valence electrons. The highest BCUT2D eigenvalue weighted by Gasteiger charge is 2.47. The normalized spacial score (nSPS) is 28.4. The Bertz CT molecular complexity index is 569. The van der Waals surface area contributed by atoms with Crippen molar-refractivity contribution in [3.8, 4) is 11.5 Å². The first-order valence-corrected chi connectivity index (χ1v) is 8.16. The summed E-state index contributed by atoms with van der Waals surface area (Å²) in [6.07, 6.45) is 2.77. The molecule has 2 bridgehead atoms. The average Bonchev–Trinajstić information content (AvgIpc) is 2.47. The Labute approximate surface area is 132 Å². The Morgan fingerprint density at radius 3 is 2.73 bits per heavy atom. The fraction of sp³-hybridized carbons (Fsp3) is 0.611. The van der Waals surface area contributed by atoms with Gasteiger partial charge in [-0.25, -0.2) is 0 Å². The molecule has 3 fully saturated rings. The van der Waals surface area contributed by atoms with Gasteiger partial charge < -0.3 is 9.84 Å². The molecule has 2 saturated heterocycles. The fourth-order valence-electron chi connectivity index (χ4n) is 4.09. The van der Waals surface area contributed by atoms with Crippen LogP contribution in [-0.2, 0) is 4.79 Å². The predicted molar refractivity (Wildman–Crippen MR) is 85.1 cm³/mol. The third kappa shape index (κ3) is 2.60. The lowest BCUT2D eigenvalue weighted by atomic mass is 9.71. The number of piperidine rings is 2. The number of hydrogen-bond acceptors (Lipinski definition) is 4. The van der Waals surface area contributed by atoms with Gasteiger partial charge in [0.1, 0.15) is 5.78 Å². The number of phenols is 1. The van der Waals surface area contributed by atoms with Crippen LogP contribution in [0.2, 0.25) is 0 Å². The van der Waals surface area contributed by atoms with E-state index in [0.717, 1.165) is 24.9 Å². The number of nitrogens with zero attached hydrogens (tertiary/aromatic N) is 1. The molecule has 4 rings (SSSR count). The fourth-order valence-corrected chi connectivity index (χ4v) is 4.09. The highest BCUT2D eigenvalue weighted by atomic mass is 16.5. The van der Waals surface area contributed by atoms with E-state index in [4.69, 9.17) is 4.74 Å². The summed E-state index contributed by atoms with van der Waals surface area (Å²) in [5.41, 5.74) is 1.03. The first-order valence-electron chi connectivity index (χ1n) is 8.16. The molecule has 3 aliphatic rings. The Morgan fingerprint density at radius 1 is 1.36 bits per heavy atom. The highest BCUT2D eigenvalue weighted by molar-refractivity contribution is 5.84. The van der Waals surface area contributed by atoms with Gasteiger partial charge in [0.15, 0.2) is 11.5 Å². The minimum Gasteiger partial charge on any atom is -0.504 e. The Kier molecular flexibility index (Phi) is 4.13. The van der Waals surface area contributed by atoms with E-state index in [-0.39, 0.29) is 17.7 Å². The molecule has 0 amide bonds. The SMILES string of the molecule is COc1ccc(C2C3CCC(CC3=O)N2CC(C)C)cc1O. The first-order chi connectivity index (χ1) is 10.5. The van der Waals surface area contributed by atoms with E-state index < -0.39 is 0 Å². The molecule has 1 saturated carbocycles. The molecule has 2 heterocycles. The van der Waals surface area contributed by atoms with Crippen molar-refractivity contribution >= 4 is 5.78 Å². The van der Waals surface area contributed by atoms with Crippen molar-refractivity contribution < 1.29 is 14.6 Å². The highest BCUT2D eigenvalue weighted by Crippen LogP contribution is 2.47. The van der Waals surface area contributed by atoms with Crippen LogP contribution in [0.5, 0.6) is 11.5 Å². The summed E-state index contributed by atoms with van der Waals surface area (Å²) < 4.78 is 5.13. The monoisotopic (exact) mass is 303 g/mol. The third-order valence-electron chi connectivity index (χ3n) is 4.99. The van der Waals surface area contributed by atoms with E-state index in [1.165, 1.54) is 0 Å². The molecule has 1 aliphatic carbocycles. The number of carbonyl (C=O) groups excluding carboxylic acids is 1. The number of methoxy groups -OCH3 is 1. The lowest BCUT2D eigenvalue weighted by Crippen LogP contribution is -2.55. The maximum absolute atomic E-state index is 12.4. The van der Waals surface area contributed by atoms with Gasteiger partial charge in [-0.05, 0) is 36.5 Å². The van der Waals surface area contributed by atoms with E-state index in [2.05, 4.69) is 18.7 Å². The zero-order valence-electron chi connectivity index (χ0n) is 13.6. The van der Waals surface area contributed by atoms with Gasteiger partial charge in [0, 0.05) is 31.0 Å². The Hall–Kier alpha value is -1.55. The molecular weight excluding hydrogens is 278 g/mol. The molecule has 3 unspecified atom stereocenters. The molecule has 0 aromatic heterocycles. The van der Waals surface area contributed by atoms with Gasteiger partial charge in [0.05, 0.1) is 7.11 Å². The molecule has 22 heavy (non-hydrogen) atoms. The number of ketones is 1. The van der Waals surface area contributed by atoms with Crippen LogP contribution in [-0.4, -0.2) is 35.5 Å². The molecule has 0 spiro atoms. The van der Waals surface area contributed by atoms with Crippen LogP contribution in [0.1, 0.15) is 44.7 Å². The maximum atomic E-state index is 12.4. The number of aromatic hydroxyl groups is 1. The zero-order valence-corrected chi connectivity index (χ0v) is 13.6. The quantitative estimate of drug-likeness (QED) is 0.928. The summed E-state index contributed by atoms with van der Waals surface area (Å²) in [4.78, 5) is 14.9. The third-order valence-corrected chi connectivity index (χ3v) is 4.99. The van der Waals surface area contributed by atoms with Crippen molar-refractivity contribution in [3.63, 3.8) is 0 Å². The molecule has 4 nitrogen and oxygen atoms in total. The standard InChI is InChI=1S/C18H25NO3/c1-11(2)10-19-13-5-6-14(15(20)9-13)18(19)12-4-7-17(22-3)16(21)8-12/h4,7-8,11,13-14,18,21H,5-6,9-10H2,1-3H3. The summed E-state index contributed by atoms with van der Waals surface area (Å²) in [5.74, 6) is 1.64. The van der Waals surface area contributed by atoms with Crippen LogP contribution >= 0.6 is 0 Å². The van der Waals surface area contributed by atoms with Gasteiger partial charge in [-0.1, -0.05) is 19.9 Å². The summed E-state index contributed by atoms with van der Waals surface area (Å²) in [7, 11) is 1.55. The number of ether oxygens (including phenoxy) is 1. The molecular formula is C18H25NO3. The molecule has 4 heteroatoms. The zero-order chi connectivity index (χ0) is 15.9. The van der Waals surface area contributed by atoms with Crippen molar-refractivity contribution in [2.24, 2.45) is 11.8 Å². The minimum atomic E-state index is 0.0662. The van der Waals surface area contributed by atoms with Crippen LogP contribution in [0.4, 0.5) is 0 Å². The number of benzene rings is 1. The second-order valence-corrected chi connectivity index (χ2v) is 6.97. The molecule has 1 aromatic rings. The number of hydrogen-bond donors (Lipinski definition) is 1. The Morgan fingerprint density at radius 2 is 2.14 bits per heavy atom. The van der Waals surface area contributed by atoms with Crippen LogP contribution in [0.3, 0.4) is 0 Å². The summed E-state index contributed by atoms with van der Waals surface area (Å²) in [6.45, 7) is 5.42. The van der Waals surface area contributed by atoms with E-state index >= 15 is 0 Å². The number of carbonyl (C=O) groups is 1. The molecule has 0 radical (unpaired) electrons.